The highest BCUT2D eigenvalue weighted by Gasteiger charge is 2.21. The summed E-state index contributed by atoms with van der Waals surface area (Å²) in [6, 6.07) is 5.41. The van der Waals surface area contributed by atoms with E-state index in [0.717, 1.165) is 5.56 Å². The van der Waals surface area contributed by atoms with E-state index in [2.05, 4.69) is 0 Å². The molecule has 0 spiro atoms. The predicted octanol–water partition coefficient (Wildman–Crippen LogP) is 1.36. The number of hydrogen-bond donors (Lipinski definition) is 0. The van der Waals surface area contributed by atoms with Crippen molar-refractivity contribution in [2.45, 2.75) is 0 Å². The molecule has 0 aromatic heterocycles. The maximum Gasteiger partial charge on any atom is 0.338 e. The monoisotopic (exact) mass is 204 g/mol. The van der Waals surface area contributed by atoms with Crippen LogP contribution in [0.4, 0.5) is 0 Å². The van der Waals surface area contributed by atoms with E-state index in [9.17, 15) is 4.79 Å². The standard InChI is InChI=1S/C11H8O4/c12-11-8(3-4-13-11)7-1-2-9-10(5-7)15-6-14-9/h1-3,5H,4,6H2. The third kappa shape index (κ3) is 1.26. The Morgan fingerprint density at radius 3 is 2.73 bits per heavy atom. The van der Waals surface area contributed by atoms with Gasteiger partial charge in [0, 0.05) is 0 Å². The number of cyclic esters (lactones) is 1. The molecule has 0 N–H and O–H groups in total. The molecule has 0 fully saturated rings. The van der Waals surface area contributed by atoms with E-state index in [1.807, 2.05) is 6.07 Å². The van der Waals surface area contributed by atoms with Crippen LogP contribution in [0, 0.1) is 0 Å². The molecule has 1 aromatic rings. The van der Waals surface area contributed by atoms with E-state index in [0.29, 0.717) is 23.7 Å². The summed E-state index contributed by atoms with van der Waals surface area (Å²) in [7, 11) is 0. The quantitative estimate of drug-likeness (QED) is 0.648. The molecule has 0 unspecified atom stereocenters. The zero-order valence-corrected chi connectivity index (χ0v) is 7.86. The van der Waals surface area contributed by atoms with E-state index in [4.69, 9.17) is 14.2 Å². The zero-order valence-electron chi connectivity index (χ0n) is 7.86. The predicted molar refractivity (Wildman–Crippen MR) is 51.5 cm³/mol. The van der Waals surface area contributed by atoms with Gasteiger partial charge in [0.25, 0.3) is 0 Å². The molecule has 0 atom stereocenters. The third-order valence-electron chi connectivity index (χ3n) is 2.41. The van der Waals surface area contributed by atoms with Crippen LogP contribution in [-0.4, -0.2) is 19.4 Å². The van der Waals surface area contributed by atoms with Crippen molar-refractivity contribution in [2.75, 3.05) is 13.4 Å². The Hall–Kier alpha value is -1.97. The largest absolute Gasteiger partial charge is 0.458 e. The Morgan fingerprint density at radius 2 is 1.93 bits per heavy atom. The summed E-state index contributed by atoms with van der Waals surface area (Å²) in [4.78, 5) is 11.3. The number of fused-ring (bicyclic) bond motifs is 1. The minimum absolute atomic E-state index is 0.238. The lowest BCUT2D eigenvalue weighted by atomic mass is 10.1. The van der Waals surface area contributed by atoms with Gasteiger partial charge in [0.05, 0.1) is 5.57 Å². The average molecular weight is 204 g/mol. The van der Waals surface area contributed by atoms with Crippen molar-refractivity contribution >= 4 is 11.5 Å². The second-order valence-electron chi connectivity index (χ2n) is 3.28. The minimum Gasteiger partial charge on any atom is -0.458 e. The maximum absolute atomic E-state index is 11.3. The molecule has 15 heavy (non-hydrogen) atoms. The van der Waals surface area contributed by atoms with Crippen molar-refractivity contribution in [2.24, 2.45) is 0 Å². The molecule has 76 valence electrons. The van der Waals surface area contributed by atoms with Gasteiger partial charge >= 0.3 is 5.97 Å². The molecule has 0 aliphatic carbocycles. The number of ether oxygens (including phenoxy) is 3. The van der Waals surface area contributed by atoms with Crippen LogP contribution in [-0.2, 0) is 9.53 Å². The number of carbonyl (C=O) groups excluding carboxylic acids is 1. The Labute approximate surface area is 86.1 Å². The van der Waals surface area contributed by atoms with Crippen molar-refractivity contribution in [3.05, 3.63) is 29.8 Å². The van der Waals surface area contributed by atoms with Gasteiger partial charge in [-0.05, 0) is 23.8 Å². The van der Waals surface area contributed by atoms with Crippen LogP contribution in [0.2, 0.25) is 0 Å². The molecule has 2 heterocycles. The van der Waals surface area contributed by atoms with Crippen LogP contribution in [0.25, 0.3) is 5.57 Å². The molecule has 0 bridgehead atoms. The Kier molecular flexibility index (Phi) is 1.68. The Bertz CT molecular complexity index is 462. The second-order valence-corrected chi connectivity index (χ2v) is 3.28. The van der Waals surface area contributed by atoms with Gasteiger partial charge in [-0.15, -0.1) is 0 Å². The van der Waals surface area contributed by atoms with Gasteiger partial charge in [-0.25, -0.2) is 4.79 Å². The first-order valence-corrected chi connectivity index (χ1v) is 4.62. The first-order valence-electron chi connectivity index (χ1n) is 4.62. The van der Waals surface area contributed by atoms with Crippen molar-refractivity contribution in [1.82, 2.24) is 0 Å². The second kappa shape index (κ2) is 3.02. The highest BCUT2D eigenvalue weighted by molar-refractivity contribution is 6.18. The molecule has 0 amide bonds. The van der Waals surface area contributed by atoms with Crippen LogP contribution in [0.5, 0.6) is 11.5 Å². The highest BCUT2D eigenvalue weighted by atomic mass is 16.7. The fourth-order valence-corrected chi connectivity index (χ4v) is 1.66. The van der Waals surface area contributed by atoms with E-state index in [1.54, 1.807) is 18.2 Å². The van der Waals surface area contributed by atoms with Crippen LogP contribution in [0.15, 0.2) is 24.3 Å². The SMILES string of the molecule is O=C1OCC=C1c1ccc2c(c1)OCO2. The Balaban J connectivity index is 2.03. The molecule has 4 nitrogen and oxygen atoms in total. The zero-order chi connectivity index (χ0) is 10.3. The third-order valence-corrected chi connectivity index (χ3v) is 2.41. The number of carbonyl (C=O) groups is 1. The van der Waals surface area contributed by atoms with Crippen LogP contribution >= 0.6 is 0 Å². The van der Waals surface area contributed by atoms with Crippen LogP contribution < -0.4 is 9.47 Å². The van der Waals surface area contributed by atoms with Crippen molar-refractivity contribution < 1.29 is 19.0 Å². The van der Waals surface area contributed by atoms with Gasteiger partial charge in [0.15, 0.2) is 11.5 Å². The molecule has 3 rings (SSSR count). The fraction of sp³-hybridized carbons (Fsp3) is 0.182. The smallest absolute Gasteiger partial charge is 0.338 e. The first-order chi connectivity index (χ1) is 7.34. The normalized spacial score (nSPS) is 17.6. The lowest BCUT2D eigenvalue weighted by molar-refractivity contribution is -0.133. The van der Waals surface area contributed by atoms with Crippen LogP contribution in [0.1, 0.15) is 5.56 Å². The maximum atomic E-state index is 11.3. The number of hydrogen-bond acceptors (Lipinski definition) is 4. The molecular weight excluding hydrogens is 196 g/mol. The fourth-order valence-electron chi connectivity index (χ4n) is 1.66. The van der Waals surface area contributed by atoms with E-state index in [-0.39, 0.29) is 12.8 Å². The number of rotatable bonds is 1. The summed E-state index contributed by atoms with van der Waals surface area (Å²) in [5, 5.41) is 0. The summed E-state index contributed by atoms with van der Waals surface area (Å²) < 4.78 is 15.3. The van der Waals surface area contributed by atoms with Gasteiger partial charge < -0.3 is 14.2 Å². The van der Waals surface area contributed by atoms with Gasteiger partial charge in [-0.2, -0.15) is 0 Å². The number of esters is 1. The molecule has 0 radical (unpaired) electrons. The van der Waals surface area contributed by atoms with Gasteiger partial charge in [0.2, 0.25) is 6.79 Å². The van der Waals surface area contributed by atoms with Crippen LogP contribution in [0.3, 0.4) is 0 Å². The lowest BCUT2D eigenvalue weighted by Crippen LogP contribution is -1.98. The van der Waals surface area contributed by atoms with Crippen molar-refractivity contribution in [3.8, 4) is 11.5 Å². The Morgan fingerprint density at radius 1 is 1.07 bits per heavy atom. The summed E-state index contributed by atoms with van der Waals surface area (Å²) in [5.74, 6) is 1.10. The molecule has 0 saturated carbocycles. The van der Waals surface area contributed by atoms with Gasteiger partial charge in [0.1, 0.15) is 6.61 Å². The summed E-state index contributed by atoms with van der Waals surface area (Å²) in [6.07, 6.45) is 1.76. The lowest BCUT2D eigenvalue weighted by Gasteiger charge is -2.01. The van der Waals surface area contributed by atoms with E-state index >= 15 is 0 Å². The molecular formula is C11H8O4. The highest BCUT2D eigenvalue weighted by Crippen LogP contribution is 2.35. The van der Waals surface area contributed by atoms with Crippen molar-refractivity contribution in [3.63, 3.8) is 0 Å². The van der Waals surface area contributed by atoms with Gasteiger partial charge in [-0.3, -0.25) is 0 Å². The number of benzene rings is 1. The molecule has 2 aliphatic heterocycles. The first kappa shape index (κ1) is 8.35. The molecule has 1 aromatic carbocycles. The summed E-state index contributed by atoms with van der Waals surface area (Å²) in [5.41, 5.74) is 1.40. The molecule has 2 aliphatic rings. The van der Waals surface area contributed by atoms with Gasteiger partial charge in [-0.1, -0.05) is 6.07 Å². The summed E-state index contributed by atoms with van der Waals surface area (Å²) >= 11 is 0. The van der Waals surface area contributed by atoms with E-state index in [1.165, 1.54) is 0 Å². The topological polar surface area (TPSA) is 44.8 Å². The van der Waals surface area contributed by atoms with Crippen molar-refractivity contribution in [1.29, 1.82) is 0 Å². The molecule has 0 saturated heterocycles. The summed E-state index contributed by atoms with van der Waals surface area (Å²) in [6.45, 7) is 0.588. The molecule has 4 heteroatoms. The van der Waals surface area contributed by atoms with E-state index < -0.39 is 0 Å². The minimum atomic E-state index is -0.283. The average Bonchev–Trinajstić information content (AvgIpc) is 2.84.